The summed E-state index contributed by atoms with van der Waals surface area (Å²) in [5.74, 6) is -0.330. The van der Waals surface area contributed by atoms with Gasteiger partial charge in [0.25, 0.3) is 0 Å². The third-order valence-electron chi connectivity index (χ3n) is 2.75. The van der Waals surface area contributed by atoms with E-state index in [9.17, 15) is 4.39 Å². The Morgan fingerprint density at radius 3 is 2.92 bits per heavy atom. The van der Waals surface area contributed by atoms with Crippen LogP contribution in [-0.2, 0) is 6.42 Å². The second-order valence-electron chi connectivity index (χ2n) is 3.66. The Balaban J connectivity index is 2.14. The highest BCUT2D eigenvalue weighted by molar-refractivity contribution is 5.18. The van der Waals surface area contributed by atoms with Crippen molar-refractivity contribution in [3.05, 3.63) is 29.8 Å². The molecule has 2 rings (SSSR count). The van der Waals surface area contributed by atoms with Crippen LogP contribution in [0.25, 0.3) is 0 Å². The van der Waals surface area contributed by atoms with E-state index in [4.69, 9.17) is 0 Å². The van der Waals surface area contributed by atoms with Crippen molar-refractivity contribution in [2.24, 2.45) is 0 Å². The number of halogens is 1. The number of pyridine rings is 1. The Morgan fingerprint density at radius 2 is 2.38 bits per heavy atom. The summed E-state index contributed by atoms with van der Waals surface area (Å²) in [6.07, 6.45) is 4.51. The third kappa shape index (κ3) is 1.70. The Morgan fingerprint density at radius 1 is 1.62 bits per heavy atom. The highest BCUT2D eigenvalue weighted by Gasteiger charge is 2.41. The van der Waals surface area contributed by atoms with E-state index in [2.05, 4.69) is 10.3 Å². The van der Waals surface area contributed by atoms with Gasteiger partial charge in [-0.1, -0.05) is 6.07 Å². The van der Waals surface area contributed by atoms with Crippen LogP contribution in [0.1, 0.15) is 18.4 Å². The minimum absolute atomic E-state index is 0.157. The van der Waals surface area contributed by atoms with Crippen LogP contribution < -0.4 is 5.32 Å². The van der Waals surface area contributed by atoms with Crippen LogP contribution in [0.15, 0.2) is 18.3 Å². The highest BCUT2D eigenvalue weighted by Crippen LogP contribution is 2.38. The van der Waals surface area contributed by atoms with E-state index >= 15 is 0 Å². The fourth-order valence-corrected chi connectivity index (χ4v) is 1.58. The first-order chi connectivity index (χ1) is 6.26. The van der Waals surface area contributed by atoms with Crippen LogP contribution in [0.2, 0.25) is 0 Å². The van der Waals surface area contributed by atoms with E-state index in [0.29, 0.717) is 5.56 Å². The number of likely N-dealkylation sites (N-methyl/N-ethyl adjacent to an activating group) is 1. The first kappa shape index (κ1) is 8.63. The average Bonchev–Trinajstić information content (AvgIpc) is 2.90. The molecule has 0 aromatic carbocycles. The van der Waals surface area contributed by atoms with Gasteiger partial charge in [-0.05, 0) is 32.4 Å². The van der Waals surface area contributed by atoms with E-state index in [1.54, 1.807) is 12.1 Å². The molecule has 0 spiro atoms. The second kappa shape index (κ2) is 3.07. The molecule has 1 aromatic rings. The minimum Gasteiger partial charge on any atom is -0.314 e. The van der Waals surface area contributed by atoms with Gasteiger partial charge in [0.1, 0.15) is 0 Å². The number of aromatic nitrogens is 1. The molecule has 13 heavy (non-hydrogen) atoms. The Labute approximate surface area is 77.2 Å². The topological polar surface area (TPSA) is 24.9 Å². The van der Waals surface area contributed by atoms with Crippen molar-refractivity contribution in [1.82, 2.24) is 10.3 Å². The Bertz CT molecular complexity index is 308. The van der Waals surface area contributed by atoms with Crippen molar-refractivity contribution in [2.75, 3.05) is 7.05 Å². The SMILES string of the molecule is CNC1(Cc2cccnc2F)CC1. The van der Waals surface area contributed by atoms with Gasteiger partial charge in [-0.3, -0.25) is 0 Å². The average molecular weight is 180 g/mol. The van der Waals surface area contributed by atoms with Gasteiger partial charge in [0.15, 0.2) is 0 Å². The molecule has 1 fully saturated rings. The standard InChI is InChI=1S/C10H13FN2/c1-12-10(4-5-10)7-8-3-2-6-13-9(8)11/h2-3,6,12H,4-5,7H2,1H3. The van der Waals surface area contributed by atoms with Gasteiger partial charge in [0.05, 0.1) is 0 Å². The summed E-state index contributed by atoms with van der Waals surface area (Å²) in [6, 6.07) is 3.59. The molecular weight excluding hydrogens is 167 g/mol. The zero-order valence-electron chi connectivity index (χ0n) is 7.68. The van der Waals surface area contributed by atoms with E-state index in [-0.39, 0.29) is 11.5 Å². The van der Waals surface area contributed by atoms with Crippen LogP contribution >= 0.6 is 0 Å². The molecule has 0 bridgehead atoms. The van der Waals surface area contributed by atoms with Crippen molar-refractivity contribution in [3.63, 3.8) is 0 Å². The lowest BCUT2D eigenvalue weighted by atomic mass is 10.1. The van der Waals surface area contributed by atoms with E-state index in [0.717, 1.165) is 19.3 Å². The number of nitrogens with one attached hydrogen (secondary N) is 1. The monoisotopic (exact) mass is 180 g/mol. The molecule has 2 nitrogen and oxygen atoms in total. The van der Waals surface area contributed by atoms with Crippen molar-refractivity contribution in [1.29, 1.82) is 0 Å². The molecule has 70 valence electrons. The summed E-state index contributed by atoms with van der Waals surface area (Å²) in [5.41, 5.74) is 0.874. The van der Waals surface area contributed by atoms with Crippen LogP contribution in [-0.4, -0.2) is 17.6 Å². The molecule has 1 aliphatic rings. The zero-order chi connectivity index (χ0) is 9.31. The maximum Gasteiger partial charge on any atom is 0.216 e. The molecule has 1 heterocycles. The molecule has 0 radical (unpaired) electrons. The molecule has 1 aromatic heterocycles. The van der Waals surface area contributed by atoms with Gasteiger partial charge in [0.2, 0.25) is 5.95 Å². The lowest BCUT2D eigenvalue weighted by Gasteiger charge is -2.13. The lowest BCUT2D eigenvalue weighted by Crippen LogP contribution is -2.30. The summed E-state index contributed by atoms with van der Waals surface area (Å²) in [5, 5.41) is 3.23. The molecule has 1 N–H and O–H groups in total. The lowest BCUT2D eigenvalue weighted by molar-refractivity contribution is 0.510. The number of rotatable bonds is 3. The quantitative estimate of drug-likeness (QED) is 0.713. The van der Waals surface area contributed by atoms with Crippen LogP contribution in [0, 0.1) is 5.95 Å². The minimum atomic E-state index is -0.330. The van der Waals surface area contributed by atoms with E-state index in [1.807, 2.05) is 7.05 Å². The maximum atomic E-state index is 13.1. The van der Waals surface area contributed by atoms with Gasteiger partial charge in [0, 0.05) is 17.3 Å². The molecule has 0 atom stereocenters. The molecule has 0 unspecified atom stereocenters. The molecule has 3 heteroatoms. The molecule has 0 aliphatic heterocycles. The van der Waals surface area contributed by atoms with Crippen molar-refractivity contribution in [3.8, 4) is 0 Å². The molecular formula is C10H13FN2. The van der Waals surface area contributed by atoms with Crippen molar-refractivity contribution < 1.29 is 4.39 Å². The number of hydrogen-bond acceptors (Lipinski definition) is 2. The zero-order valence-corrected chi connectivity index (χ0v) is 7.68. The third-order valence-corrected chi connectivity index (χ3v) is 2.75. The second-order valence-corrected chi connectivity index (χ2v) is 3.66. The Hall–Kier alpha value is -0.960. The van der Waals surface area contributed by atoms with Gasteiger partial charge in [-0.25, -0.2) is 4.98 Å². The summed E-state index contributed by atoms with van der Waals surface area (Å²) >= 11 is 0. The highest BCUT2D eigenvalue weighted by atomic mass is 19.1. The first-order valence-corrected chi connectivity index (χ1v) is 4.54. The smallest absolute Gasteiger partial charge is 0.216 e. The predicted octanol–water partition coefficient (Wildman–Crippen LogP) is 1.52. The van der Waals surface area contributed by atoms with Crippen molar-refractivity contribution in [2.45, 2.75) is 24.8 Å². The summed E-state index contributed by atoms with van der Waals surface area (Å²) < 4.78 is 13.1. The Kier molecular flexibility index (Phi) is 2.04. The largest absolute Gasteiger partial charge is 0.314 e. The van der Waals surface area contributed by atoms with Gasteiger partial charge in [-0.2, -0.15) is 4.39 Å². The maximum absolute atomic E-state index is 13.1. The van der Waals surface area contributed by atoms with Crippen LogP contribution in [0.5, 0.6) is 0 Å². The molecule has 1 aliphatic carbocycles. The molecule has 0 amide bonds. The van der Waals surface area contributed by atoms with Gasteiger partial charge >= 0.3 is 0 Å². The van der Waals surface area contributed by atoms with Gasteiger partial charge < -0.3 is 5.32 Å². The van der Waals surface area contributed by atoms with Gasteiger partial charge in [-0.15, -0.1) is 0 Å². The van der Waals surface area contributed by atoms with Crippen LogP contribution in [0.4, 0.5) is 4.39 Å². The summed E-state index contributed by atoms with van der Waals surface area (Å²) in [4.78, 5) is 3.63. The number of nitrogens with zero attached hydrogens (tertiary/aromatic N) is 1. The van der Waals surface area contributed by atoms with E-state index in [1.165, 1.54) is 6.20 Å². The molecule has 1 saturated carbocycles. The van der Waals surface area contributed by atoms with E-state index < -0.39 is 0 Å². The normalized spacial score (nSPS) is 18.6. The predicted molar refractivity (Wildman–Crippen MR) is 48.9 cm³/mol. The van der Waals surface area contributed by atoms with Crippen LogP contribution in [0.3, 0.4) is 0 Å². The summed E-state index contributed by atoms with van der Waals surface area (Å²) in [7, 11) is 1.93. The number of hydrogen-bond donors (Lipinski definition) is 1. The summed E-state index contributed by atoms with van der Waals surface area (Å²) in [6.45, 7) is 0. The molecule has 0 saturated heterocycles. The first-order valence-electron chi connectivity index (χ1n) is 4.54. The fraction of sp³-hybridized carbons (Fsp3) is 0.500. The fourth-order valence-electron chi connectivity index (χ4n) is 1.58. The van der Waals surface area contributed by atoms with Crippen molar-refractivity contribution >= 4 is 0 Å².